The Bertz CT molecular complexity index is 1640. The predicted octanol–water partition coefficient (Wildman–Crippen LogP) is 7.20. The maximum Gasteiger partial charge on any atom is 0.362 e. The monoisotopic (exact) mass is 559 g/mol. The van der Waals surface area contributed by atoms with E-state index in [4.69, 9.17) is 4.42 Å². The Morgan fingerprint density at radius 1 is 0.829 bits per heavy atom. The second kappa shape index (κ2) is 11.5. The Hall–Kier alpha value is -4.55. The minimum Gasteiger partial charge on any atom is -0.477 e. The van der Waals surface area contributed by atoms with Crippen molar-refractivity contribution in [3.63, 3.8) is 0 Å². The van der Waals surface area contributed by atoms with Crippen molar-refractivity contribution in [3.05, 3.63) is 162 Å². The number of hydrogen-bond donors (Lipinski definition) is 1. The van der Waals surface area contributed by atoms with Crippen molar-refractivity contribution in [2.24, 2.45) is 0 Å². The van der Waals surface area contributed by atoms with Crippen molar-refractivity contribution < 1.29 is 18.9 Å². The minimum absolute atomic E-state index is 0.393. The number of nitrogens with zero attached hydrogens (tertiary/aromatic N) is 2. The normalized spacial score (nSPS) is 18.6. The summed E-state index contributed by atoms with van der Waals surface area (Å²) in [4.78, 5) is 17.2. The third kappa shape index (κ3) is 4.85. The molecule has 6 rings (SSSR count). The molecule has 204 valence electrons. The summed E-state index contributed by atoms with van der Waals surface area (Å²) >= 11 is 1.63. The van der Waals surface area contributed by atoms with Crippen LogP contribution in [-0.2, 0) is 23.4 Å². The summed E-state index contributed by atoms with van der Waals surface area (Å²) in [6.45, 7) is 0.893. The molecule has 0 spiro atoms. The minimum atomic E-state index is -1.50. The first-order chi connectivity index (χ1) is 20.1. The highest BCUT2D eigenvalue weighted by atomic mass is 32.2. The van der Waals surface area contributed by atoms with Gasteiger partial charge < -0.3 is 9.52 Å². The average Bonchev–Trinajstić information content (AvgIpc) is 3.64. The Labute approximate surface area is 244 Å². The average molecular weight is 560 g/mol. The van der Waals surface area contributed by atoms with Crippen molar-refractivity contribution in [2.45, 2.75) is 29.6 Å². The molecule has 1 aromatic heterocycles. The topological polar surface area (TPSA) is 56.7 Å². The van der Waals surface area contributed by atoms with Crippen molar-refractivity contribution in [3.8, 4) is 0 Å². The van der Waals surface area contributed by atoms with E-state index >= 15 is 0 Å². The van der Waals surface area contributed by atoms with Gasteiger partial charge in [0.2, 0.25) is 6.04 Å². The van der Waals surface area contributed by atoms with E-state index in [2.05, 4.69) is 33.7 Å². The van der Waals surface area contributed by atoms with Crippen LogP contribution in [-0.4, -0.2) is 32.6 Å². The van der Waals surface area contributed by atoms with Crippen LogP contribution in [0.25, 0.3) is 0 Å². The lowest BCUT2D eigenvalue weighted by molar-refractivity contribution is -0.588. The largest absolute Gasteiger partial charge is 0.477 e. The van der Waals surface area contributed by atoms with Gasteiger partial charge in [0.1, 0.15) is 13.1 Å². The van der Waals surface area contributed by atoms with E-state index in [1.807, 2.05) is 109 Å². The number of carbonyl (C=O) groups is 1. The number of carboxylic acids is 1. The molecule has 0 saturated heterocycles. The number of thioether (sulfide) groups is 1. The summed E-state index contributed by atoms with van der Waals surface area (Å²) in [5.41, 5.74) is 2.25. The number of amidine groups is 1. The molecular weight excluding hydrogens is 528 g/mol. The van der Waals surface area contributed by atoms with Gasteiger partial charge in [0.05, 0.1) is 11.8 Å². The third-order valence-corrected chi connectivity index (χ3v) is 8.48. The molecule has 41 heavy (non-hydrogen) atoms. The lowest BCUT2D eigenvalue weighted by Crippen LogP contribution is -2.53. The maximum absolute atomic E-state index is 14.0. The van der Waals surface area contributed by atoms with Crippen LogP contribution < -0.4 is 0 Å². The molecule has 5 aromatic rings. The van der Waals surface area contributed by atoms with Gasteiger partial charge in [-0.2, -0.15) is 0 Å². The summed E-state index contributed by atoms with van der Waals surface area (Å²) in [7, 11) is 0. The number of benzene rings is 4. The first kappa shape index (κ1) is 26.7. The number of carboxylic acid groups (broad SMARTS) is 1. The molecule has 0 fully saturated rings. The highest BCUT2D eigenvalue weighted by Gasteiger charge is 2.68. The zero-order valence-electron chi connectivity index (χ0n) is 22.8. The molecule has 0 saturated carbocycles. The zero-order chi connectivity index (χ0) is 28.2. The Kier molecular flexibility index (Phi) is 7.49. The van der Waals surface area contributed by atoms with Crippen molar-refractivity contribution in [2.75, 3.05) is 6.26 Å². The molecule has 4 aromatic carbocycles. The zero-order valence-corrected chi connectivity index (χ0v) is 23.6. The molecule has 2 unspecified atom stereocenters. The number of rotatable bonds is 9. The smallest absolute Gasteiger partial charge is 0.362 e. The summed E-state index contributed by atoms with van der Waals surface area (Å²) in [5.74, 6) is 0.507. The van der Waals surface area contributed by atoms with E-state index in [1.165, 1.54) is 0 Å². The van der Waals surface area contributed by atoms with E-state index in [-0.39, 0.29) is 0 Å². The SMILES string of the molecule is CSc1ccc(C2(C(=O)O)C(c3ccco3)[N+](Cc3ccccc3)=C(c3ccccc3)N2Cc2ccccc2)cc1. The van der Waals surface area contributed by atoms with Gasteiger partial charge >= 0.3 is 5.97 Å². The van der Waals surface area contributed by atoms with Crippen LogP contribution in [0, 0.1) is 0 Å². The number of aliphatic carboxylic acids is 1. The lowest BCUT2D eigenvalue weighted by atomic mass is 9.80. The van der Waals surface area contributed by atoms with Crippen molar-refractivity contribution >= 4 is 23.6 Å². The van der Waals surface area contributed by atoms with Gasteiger partial charge in [-0.25, -0.2) is 14.3 Å². The second-order valence-electron chi connectivity index (χ2n) is 10.1. The van der Waals surface area contributed by atoms with Gasteiger partial charge in [-0.1, -0.05) is 91.0 Å². The molecule has 6 heteroatoms. The summed E-state index contributed by atoms with van der Waals surface area (Å²) < 4.78 is 8.30. The molecule has 2 atom stereocenters. The van der Waals surface area contributed by atoms with Gasteiger partial charge in [-0.15, -0.1) is 11.8 Å². The number of furan rings is 1. The maximum atomic E-state index is 14.0. The van der Waals surface area contributed by atoms with Crippen LogP contribution in [0.5, 0.6) is 0 Å². The van der Waals surface area contributed by atoms with E-state index in [0.717, 1.165) is 27.4 Å². The van der Waals surface area contributed by atoms with E-state index in [1.54, 1.807) is 18.0 Å². The summed E-state index contributed by atoms with van der Waals surface area (Å²) in [5, 5.41) is 11.5. The fraction of sp³-hybridized carbons (Fsp3) is 0.143. The van der Waals surface area contributed by atoms with Crippen LogP contribution in [0.1, 0.15) is 34.1 Å². The van der Waals surface area contributed by atoms with Crippen LogP contribution in [0.4, 0.5) is 0 Å². The fourth-order valence-electron chi connectivity index (χ4n) is 5.96. The second-order valence-corrected chi connectivity index (χ2v) is 11.0. The molecule has 0 bridgehead atoms. The van der Waals surface area contributed by atoms with Gasteiger partial charge in [0, 0.05) is 10.5 Å². The molecule has 2 heterocycles. The molecule has 1 aliphatic rings. The first-order valence-electron chi connectivity index (χ1n) is 13.6. The van der Waals surface area contributed by atoms with Crippen LogP contribution in [0.3, 0.4) is 0 Å². The third-order valence-electron chi connectivity index (χ3n) is 7.74. The van der Waals surface area contributed by atoms with Gasteiger partial charge in [0.25, 0.3) is 11.4 Å². The Morgan fingerprint density at radius 2 is 1.44 bits per heavy atom. The molecular formula is C35H31N2O3S+. The van der Waals surface area contributed by atoms with Crippen molar-refractivity contribution in [1.82, 2.24) is 4.90 Å². The quantitative estimate of drug-likeness (QED) is 0.153. The fourth-order valence-corrected chi connectivity index (χ4v) is 6.37. The number of hydrogen-bond acceptors (Lipinski definition) is 4. The summed E-state index contributed by atoms with van der Waals surface area (Å²) in [6.07, 6.45) is 3.65. The van der Waals surface area contributed by atoms with Gasteiger partial charge in [-0.05, 0) is 53.8 Å². The van der Waals surface area contributed by atoms with Crippen LogP contribution in [0.15, 0.2) is 143 Å². The molecule has 0 amide bonds. The molecule has 0 aliphatic carbocycles. The summed E-state index contributed by atoms with van der Waals surface area (Å²) in [6, 6.07) is 41.4. The molecule has 5 nitrogen and oxygen atoms in total. The lowest BCUT2D eigenvalue weighted by Gasteiger charge is -2.34. The molecule has 1 aliphatic heterocycles. The van der Waals surface area contributed by atoms with Crippen LogP contribution >= 0.6 is 11.8 Å². The van der Waals surface area contributed by atoms with E-state index in [9.17, 15) is 9.90 Å². The van der Waals surface area contributed by atoms with Crippen LogP contribution in [0.2, 0.25) is 0 Å². The molecule has 1 N–H and O–H groups in total. The van der Waals surface area contributed by atoms with Gasteiger partial charge in [-0.3, -0.25) is 0 Å². The highest BCUT2D eigenvalue weighted by molar-refractivity contribution is 7.98. The van der Waals surface area contributed by atoms with Crippen molar-refractivity contribution in [1.29, 1.82) is 0 Å². The Balaban J connectivity index is 1.69. The first-order valence-corrected chi connectivity index (χ1v) is 14.8. The molecule has 0 radical (unpaired) electrons. The Morgan fingerprint density at radius 3 is 2.00 bits per heavy atom. The van der Waals surface area contributed by atoms with E-state index in [0.29, 0.717) is 24.4 Å². The predicted molar refractivity (Wildman–Crippen MR) is 162 cm³/mol. The van der Waals surface area contributed by atoms with E-state index < -0.39 is 17.6 Å². The highest BCUT2D eigenvalue weighted by Crippen LogP contribution is 2.50. The standard InChI is InChI=1S/C35H30N2O3S/c1-41-30-21-19-29(20-22-30)35(34(38)39)32(31-18-11-23-40-31)36(24-26-12-5-2-6-13-26)33(28-16-9-4-10-17-28)37(35)25-27-14-7-3-8-15-27/h2-23,32H,24-25H2,1H3/p+1. The van der Waals surface area contributed by atoms with Gasteiger partial charge in [0.15, 0.2) is 5.76 Å².